The van der Waals surface area contributed by atoms with E-state index in [2.05, 4.69) is 10.7 Å². The van der Waals surface area contributed by atoms with Crippen molar-refractivity contribution in [1.29, 1.82) is 0 Å². The lowest BCUT2D eigenvalue weighted by molar-refractivity contribution is -0.103. The van der Waals surface area contributed by atoms with Gasteiger partial charge in [0.2, 0.25) is 0 Å². The van der Waals surface area contributed by atoms with Crippen molar-refractivity contribution in [2.45, 2.75) is 0 Å². The molecular formula is C5H6O2. The summed E-state index contributed by atoms with van der Waals surface area (Å²) in [6.45, 7) is 0.213. The van der Waals surface area contributed by atoms with E-state index in [4.69, 9.17) is 1.37 Å². The van der Waals surface area contributed by atoms with Crippen LogP contribution >= 0.6 is 0 Å². The zero-order chi connectivity index (χ0) is 6.41. The number of hydrogen-bond donors (Lipinski definition) is 0. The van der Waals surface area contributed by atoms with E-state index in [0.29, 0.717) is 0 Å². The van der Waals surface area contributed by atoms with Gasteiger partial charge < -0.3 is 4.74 Å². The van der Waals surface area contributed by atoms with Gasteiger partial charge in [0.15, 0.2) is 6.26 Å². The van der Waals surface area contributed by atoms with E-state index in [9.17, 15) is 4.79 Å². The number of aldehydes is 1. The van der Waals surface area contributed by atoms with Crippen molar-refractivity contribution in [2.24, 2.45) is 0 Å². The van der Waals surface area contributed by atoms with E-state index >= 15 is 0 Å². The van der Waals surface area contributed by atoms with Crippen LogP contribution in [0.1, 0.15) is 1.37 Å². The smallest absolute Gasteiger partial charge is 0.192 e. The molecule has 0 amide bonds. The van der Waals surface area contributed by atoms with E-state index in [1.165, 1.54) is 7.11 Å². The van der Waals surface area contributed by atoms with Crippen LogP contribution in [0.2, 0.25) is 0 Å². The fourth-order valence-electron chi connectivity index (χ4n) is 0.144. The van der Waals surface area contributed by atoms with Crippen molar-refractivity contribution >= 4 is 6.26 Å². The van der Waals surface area contributed by atoms with E-state index < -0.39 is 6.26 Å². The molecule has 0 aromatic heterocycles. The van der Waals surface area contributed by atoms with Gasteiger partial charge in [-0.1, -0.05) is 5.92 Å². The maximum Gasteiger partial charge on any atom is 0.192 e. The Morgan fingerprint density at radius 3 is 3.29 bits per heavy atom. The Morgan fingerprint density at radius 2 is 2.86 bits per heavy atom. The molecule has 0 atom stereocenters. The first-order valence-corrected chi connectivity index (χ1v) is 1.75. The maximum atomic E-state index is 9.76. The SMILES string of the molecule is [2H]C(=O)C#CCOC. The zero-order valence-corrected chi connectivity index (χ0v) is 4.02. The lowest BCUT2D eigenvalue weighted by Crippen LogP contribution is -1.80. The van der Waals surface area contributed by atoms with Crippen LogP contribution in [-0.2, 0) is 9.53 Å². The van der Waals surface area contributed by atoms with Crippen molar-refractivity contribution < 1.29 is 10.9 Å². The van der Waals surface area contributed by atoms with Crippen molar-refractivity contribution in [1.82, 2.24) is 0 Å². The molecule has 0 N–H and O–H groups in total. The minimum absolute atomic E-state index is 0.213. The monoisotopic (exact) mass is 99.0 g/mol. The molecule has 0 aliphatic carbocycles. The number of carbonyl (C=O) groups excluding carboxylic acids is 1. The molecule has 0 aliphatic heterocycles. The quantitative estimate of drug-likeness (QED) is 0.337. The van der Waals surface area contributed by atoms with Gasteiger partial charge in [-0.15, -0.1) is 0 Å². The Bertz CT molecular complexity index is 131. The van der Waals surface area contributed by atoms with Crippen molar-refractivity contribution in [3.63, 3.8) is 0 Å². The molecule has 0 saturated heterocycles. The van der Waals surface area contributed by atoms with Gasteiger partial charge in [-0.2, -0.15) is 0 Å². The second-order valence-electron chi connectivity index (χ2n) is 0.837. The van der Waals surface area contributed by atoms with Gasteiger partial charge in [0.05, 0.1) is 0 Å². The van der Waals surface area contributed by atoms with Crippen molar-refractivity contribution in [3.05, 3.63) is 0 Å². The summed E-state index contributed by atoms with van der Waals surface area (Å²) in [7, 11) is 1.48. The van der Waals surface area contributed by atoms with Crippen LogP contribution in [0.15, 0.2) is 0 Å². The molecule has 0 rings (SSSR count). The van der Waals surface area contributed by atoms with Crippen LogP contribution in [0.5, 0.6) is 0 Å². The first-order chi connectivity index (χ1) is 3.77. The van der Waals surface area contributed by atoms with Crippen LogP contribution < -0.4 is 0 Å². The van der Waals surface area contributed by atoms with Crippen molar-refractivity contribution in [2.75, 3.05) is 13.7 Å². The molecule has 0 radical (unpaired) electrons. The van der Waals surface area contributed by atoms with Crippen LogP contribution in [0.3, 0.4) is 0 Å². The molecular weight excluding hydrogens is 92.1 g/mol. The van der Waals surface area contributed by atoms with E-state index in [0.717, 1.165) is 0 Å². The minimum atomic E-state index is -0.873. The highest BCUT2D eigenvalue weighted by molar-refractivity contribution is 5.72. The second-order valence-corrected chi connectivity index (χ2v) is 0.837. The second kappa shape index (κ2) is 5.19. The summed E-state index contributed by atoms with van der Waals surface area (Å²) >= 11 is 0. The Hall–Kier alpha value is -0.810. The average Bonchev–Trinajstić information content (AvgIpc) is 1.66. The predicted molar refractivity (Wildman–Crippen MR) is 25.7 cm³/mol. The first kappa shape index (κ1) is 4.35. The molecule has 0 aromatic rings. The number of rotatable bonds is 1. The lowest BCUT2D eigenvalue weighted by atomic mass is 10.6. The molecule has 0 fully saturated rings. The Kier molecular flexibility index (Phi) is 3.23. The van der Waals surface area contributed by atoms with Crippen LogP contribution in [0, 0.1) is 11.8 Å². The maximum absolute atomic E-state index is 9.76. The minimum Gasteiger partial charge on any atom is -0.372 e. The predicted octanol–water partition coefficient (Wildman–Crippen LogP) is -0.165. The highest BCUT2D eigenvalue weighted by atomic mass is 16.5. The lowest BCUT2D eigenvalue weighted by Gasteiger charge is -1.77. The summed E-state index contributed by atoms with van der Waals surface area (Å²) in [5.74, 6) is 4.32. The summed E-state index contributed by atoms with van der Waals surface area (Å²) in [6, 6.07) is 0. The fraction of sp³-hybridized carbons (Fsp3) is 0.400. The molecule has 7 heavy (non-hydrogen) atoms. The number of methoxy groups -OCH3 is 1. The number of hydrogen-bond acceptors (Lipinski definition) is 2. The molecule has 0 spiro atoms. The van der Waals surface area contributed by atoms with Gasteiger partial charge in [0.25, 0.3) is 0 Å². The zero-order valence-electron chi connectivity index (χ0n) is 5.02. The van der Waals surface area contributed by atoms with Gasteiger partial charge in [0.1, 0.15) is 7.98 Å². The van der Waals surface area contributed by atoms with Crippen LogP contribution in [0.25, 0.3) is 0 Å². The molecule has 0 unspecified atom stereocenters. The van der Waals surface area contributed by atoms with E-state index in [-0.39, 0.29) is 6.61 Å². The summed E-state index contributed by atoms with van der Waals surface area (Å²) in [5, 5.41) is 0. The van der Waals surface area contributed by atoms with Gasteiger partial charge in [-0.25, -0.2) is 0 Å². The third kappa shape index (κ3) is 5.19. The molecule has 0 heterocycles. The number of ether oxygens (including phenoxy) is 1. The molecule has 0 bridgehead atoms. The van der Waals surface area contributed by atoms with Gasteiger partial charge >= 0.3 is 0 Å². The number of carbonyl (C=O) groups is 1. The van der Waals surface area contributed by atoms with Crippen LogP contribution in [0.4, 0.5) is 0 Å². The first-order valence-electron chi connectivity index (χ1n) is 2.25. The van der Waals surface area contributed by atoms with Crippen molar-refractivity contribution in [3.8, 4) is 11.8 Å². The Labute approximate surface area is 43.9 Å². The molecule has 0 aliphatic rings. The fourth-order valence-corrected chi connectivity index (χ4v) is 0.144. The topological polar surface area (TPSA) is 26.3 Å². The Morgan fingerprint density at radius 1 is 2.14 bits per heavy atom. The summed E-state index contributed by atoms with van der Waals surface area (Å²) in [6.07, 6.45) is -0.873. The van der Waals surface area contributed by atoms with Gasteiger partial charge in [-0.3, -0.25) is 4.79 Å². The Balaban J connectivity index is 3.35. The molecule has 0 aromatic carbocycles. The van der Waals surface area contributed by atoms with Gasteiger partial charge in [-0.05, 0) is 5.92 Å². The third-order valence-electron chi connectivity index (χ3n) is 0.356. The van der Waals surface area contributed by atoms with E-state index in [1.54, 1.807) is 0 Å². The average molecular weight is 99.1 g/mol. The van der Waals surface area contributed by atoms with Crippen LogP contribution in [-0.4, -0.2) is 20.0 Å². The molecule has 0 saturated carbocycles. The summed E-state index contributed by atoms with van der Waals surface area (Å²) < 4.78 is 10.8. The molecule has 2 nitrogen and oxygen atoms in total. The summed E-state index contributed by atoms with van der Waals surface area (Å²) in [5.41, 5.74) is 0. The highest BCUT2D eigenvalue weighted by Gasteiger charge is 1.63. The molecule has 38 valence electrons. The van der Waals surface area contributed by atoms with Gasteiger partial charge in [0, 0.05) is 7.11 Å². The largest absolute Gasteiger partial charge is 0.372 e. The third-order valence-corrected chi connectivity index (χ3v) is 0.356. The standard InChI is InChI=1S/C5H6O2/c1-7-5-3-2-4-6/h4H,5H2,1H3/i4D. The summed E-state index contributed by atoms with van der Waals surface area (Å²) in [4.78, 5) is 9.76. The van der Waals surface area contributed by atoms with E-state index in [1.807, 2.05) is 5.92 Å². The normalized spacial score (nSPS) is 8.43. The highest BCUT2D eigenvalue weighted by Crippen LogP contribution is 1.57. The molecule has 2 heteroatoms.